The van der Waals surface area contributed by atoms with Gasteiger partial charge in [-0.1, -0.05) is 46.6 Å². The summed E-state index contributed by atoms with van der Waals surface area (Å²) < 4.78 is 6.53. The summed E-state index contributed by atoms with van der Waals surface area (Å²) in [5.41, 5.74) is 8.30. The lowest BCUT2D eigenvalue weighted by molar-refractivity contribution is 0.317. The van der Waals surface area contributed by atoms with Crippen LogP contribution in [-0.4, -0.2) is 6.61 Å². The first kappa shape index (κ1) is 15.4. The van der Waals surface area contributed by atoms with Crippen molar-refractivity contribution in [3.63, 3.8) is 0 Å². The van der Waals surface area contributed by atoms with Gasteiger partial charge in [0.05, 0.1) is 12.6 Å². The highest BCUT2D eigenvalue weighted by atomic mass is 79.9. The maximum atomic E-state index is 6.31. The zero-order valence-corrected chi connectivity index (χ0v) is 13.6. The third-order valence-electron chi connectivity index (χ3n) is 3.01. The molecule has 2 N–H and O–H groups in total. The molecule has 0 spiro atoms. The highest BCUT2D eigenvalue weighted by molar-refractivity contribution is 9.10. The number of ether oxygens (including phenoxy) is 1. The van der Waals surface area contributed by atoms with Crippen LogP contribution in [0.5, 0.6) is 5.75 Å². The number of hydrogen-bond acceptors (Lipinski definition) is 2. The van der Waals surface area contributed by atoms with Crippen LogP contribution in [0.25, 0.3) is 0 Å². The molecule has 0 aliphatic heterocycles. The van der Waals surface area contributed by atoms with Gasteiger partial charge in [0.15, 0.2) is 0 Å². The van der Waals surface area contributed by atoms with E-state index in [1.165, 1.54) is 0 Å². The van der Waals surface area contributed by atoms with E-state index in [-0.39, 0.29) is 6.04 Å². The lowest BCUT2D eigenvalue weighted by Gasteiger charge is -2.15. The molecular weight excluding hydrogens is 338 g/mol. The molecule has 1 atom stereocenters. The fourth-order valence-electron chi connectivity index (χ4n) is 1.92. The number of halogens is 2. The Morgan fingerprint density at radius 2 is 1.90 bits per heavy atom. The van der Waals surface area contributed by atoms with E-state index in [4.69, 9.17) is 22.1 Å². The highest BCUT2D eigenvalue weighted by Crippen LogP contribution is 2.30. The first-order valence-corrected chi connectivity index (χ1v) is 7.72. The molecule has 0 aromatic heterocycles. The first-order chi connectivity index (χ1) is 9.61. The molecule has 0 saturated carbocycles. The Bertz CT molecular complexity index is 571. The Morgan fingerprint density at radius 1 is 1.20 bits per heavy atom. The van der Waals surface area contributed by atoms with Gasteiger partial charge in [-0.15, -0.1) is 0 Å². The summed E-state index contributed by atoms with van der Waals surface area (Å²) in [7, 11) is 0. The summed E-state index contributed by atoms with van der Waals surface area (Å²) in [6.45, 7) is 2.81. The van der Waals surface area contributed by atoms with Crippen molar-refractivity contribution in [1.82, 2.24) is 0 Å². The smallest absolute Gasteiger partial charge is 0.119 e. The summed E-state index contributed by atoms with van der Waals surface area (Å²) in [5.74, 6) is 0.868. The average molecular weight is 355 g/mol. The van der Waals surface area contributed by atoms with Gasteiger partial charge in [-0.2, -0.15) is 0 Å². The van der Waals surface area contributed by atoms with E-state index in [0.717, 1.165) is 34.4 Å². The second-order valence-corrected chi connectivity index (χ2v) is 5.85. The largest absolute Gasteiger partial charge is 0.494 e. The standard InChI is InChI=1S/C16H17BrClNO/c1-2-9-20-13-6-3-11(4-7-13)16(19)14-10-12(18)5-8-15(14)17/h3-8,10,16H,2,9,19H2,1H3. The van der Waals surface area contributed by atoms with Crippen molar-refractivity contribution in [3.8, 4) is 5.75 Å². The van der Waals surface area contributed by atoms with Gasteiger partial charge < -0.3 is 10.5 Å². The molecule has 20 heavy (non-hydrogen) atoms. The average Bonchev–Trinajstić information content (AvgIpc) is 2.47. The van der Waals surface area contributed by atoms with Gasteiger partial charge in [0.25, 0.3) is 0 Å². The van der Waals surface area contributed by atoms with Crippen LogP contribution in [0.4, 0.5) is 0 Å². The summed E-state index contributed by atoms with van der Waals surface area (Å²) in [4.78, 5) is 0. The zero-order valence-electron chi connectivity index (χ0n) is 11.3. The predicted octanol–water partition coefficient (Wildman–Crippen LogP) is 4.94. The second-order valence-electron chi connectivity index (χ2n) is 4.56. The van der Waals surface area contributed by atoms with Gasteiger partial charge >= 0.3 is 0 Å². The molecule has 0 radical (unpaired) electrons. The molecular formula is C16H17BrClNO. The van der Waals surface area contributed by atoms with Crippen molar-refractivity contribution < 1.29 is 4.74 Å². The second kappa shape index (κ2) is 7.11. The molecule has 0 saturated heterocycles. The molecule has 2 aromatic rings. The van der Waals surface area contributed by atoms with Crippen LogP contribution in [0.2, 0.25) is 5.02 Å². The minimum atomic E-state index is -0.219. The molecule has 1 unspecified atom stereocenters. The van der Waals surface area contributed by atoms with Crippen LogP contribution in [0, 0.1) is 0 Å². The monoisotopic (exact) mass is 353 g/mol. The molecule has 106 valence electrons. The van der Waals surface area contributed by atoms with Crippen molar-refractivity contribution in [2.24, 2.45) is 5.73 Å². The van der Waals surface area contributed by atoms with E-state index >= 15 is 0 Å². The van der Waals surface area contributed by atoms with Gasteiger partial charge in [-0.3, -0.25) is 0 Å². The van der Waals surface area contributed by atoms with Crippen molar-refractivity contribution in [2.75, 3.05) is 6.61 Å². The SMILES string of the molecule is CCCOc1ccc(C(N)c2cc(Cl)ccc2Br)cc1. The van der Waals surface area contributed by atoms with E-state index in [0.29, 0.717) is 5.02 Å². The molecule has 0 heterocycles. The van der Waals surface area contributed by atoms with Gasteiger partial charge in [0.2, 0.25) is 0 Å². The molecule has 2 aromatic carbocycles. The van der Waals surface area contributed by atoms with Crippen LogP contribution >= 0.6 is 27.5 Å². The Balaban J connectivity index is 2.20. The number of hydrogen-bond donors (Lipinski definition) is 1. The molecule has 0 aliphatic rings. The van der Waals surface area contributed by atoms with Crippen LogP contribution < -0.4 is 10.5 Å². The minimum Gasteiger partial charge on any atom is -0.494 e. The highest BCUT2D eigenvalue weighted by Gasteiger charge is 2.13. The molecule has 0 bridgehead atoms. The Labute approximate surface area is 133 Å². The van der Waals surface area contributed by atoms with Crippen LogP contribution in [0.15, 0.2) is 46.9 Å². The zero-order chi connectivity index (χ0) is 14.5. The fraction of sp³-hybridized carbons (Fsp3) is 0.250. The van der Waals surface area contributed by atoms with Gasteiger partial charge in [0.1, 0.15) is 5.75 Å². The first-order valence-electron chi connectivity index (χ1n) is 6.55. The van der Waals surface area contributed by atoms with E-state index in [2.05, 4.69) is 22.9 Å². The maximum absolute atomic E-state index is 6.31. The van der Waals surface area contributed by atoms with Crippen molar-refractivity contribution in [1.29, 1.82) is 0 Å². The number of nitrogens with two attached hydrogens (primary N) is 1. The lowest BCUT2D eigenvalue weighted by Crippen LogP contribution is -2.12. The fourth-order valence-corrected chi connectivity index (χ4v) is 2.60. The van der Waals surface area contributed by atoms with Crippen molar-refractivity contribution in [3.05, 3.63) is 63.1 Å². The van der Waals surface area contributed by atoms with Crippen LogP contribution in [0.3, 0.4) is 0 Å². The quantitative estimate of drug-likeness (QED) is 0.825. The maximum Gasteiger partial charge on any atom is 0.119 e. The molecule has 2 nitrogen and oxygen atoms in total. The normalized spacial score (nSPS) is 12.2. The summed E-state index contributed by atoms with van der Waals surface area (Å²) in [5, 5.41) is 0.682. The summed E-state index contributed by atoms with van der Waals surface area (Å²) >= 11 is 9.55. The Hall–Kier alpha value is -1.03. The molecule has 0 aliphatic carbocycles. The predicted molar refractivity (Wildman–Crippen MR) is 87.4 cm³/mol. The van der Waals surface area contributed by atoms with E-state index in [1.54, 1.807) is 0 Å². The van der Waals surface area contributed by atoms with Crippen LogP contribution in [0.1, 0.15) is 30.5 Å². The minimum absolute atomic E-state index is 0.219. The van der Waals surface area contributed by atoms with Gasteiger partial charge in [-0.25, -0.2) is 0 Å². The Morgan fingerprint density at radius 3 is 2.55 bits per heavy atom. The van der Waals surface area contributed by atoms with Crippen molar-refractivity contribution in [2.45, 2.75) is 19.4 Å². The third kappa shape index (κ3) is 3.75. The van der Waals surface area contributed by atoms with Crippen molar-refractivity contribution >= 4 is 27.5 Å². The van der Waals surface area contributed by atoms with E-state index < -0.39 is 0 Å². The Kier molecular flexibility index (Phi) is 5.46. The van der Waals surface area contributed by atoms with Gasteiger partial charge in [-0.05, 0) is 47.9 Å². The molecule has 0 fully saturated rings. The number of benzene rings is 2. The number of rotatable bonds is 5. The van der Waals surface area contributed by atoms with Gasteiger partial charge in [0, 0.05) is 9.50 Å². The lowest BCUT2D eigenvalue weighted by atomic mass is 10.00. The third-order valence-corrected chi connectivity index (χ3v) is 3.96. The molecule has 2 rings (SSSR count). The summed E-state index contributed by atoms with van der Waals surface area (Å²) in [6.07, 6.45) is 0.997. The molecule has 4 heteroatoms. The topological polar surface area (TPSA) is 35.2 Å². The van der Waals surface area contributed by atoms with Crippen LogP contribution in [-0.2, 0) is 0 Å². The molecule has 0 amide bonds. The summed E-state index contributed by atoms with van der Waals surface area (Å²) in [6, 6.07) is 13.3. The van der Waals surface area contributed by atoms with E-state index in [1.807, 2.05) is 42.5 Å². The van der Waals surface area contributed by atoms with E-state index in [9.17, 15) is 0 Å².